The molecule has 0 bridgehead atoms. The summed E-state index contributed by atoms with van der Waals surface area (Å²) in [5.41, 5.74) is 10.1. The van der Waals surface area contributed by atoms with Crippen molar-refractivity contribution in [2.45, 2.75) is 38.7 Å². The first-order chi connectivity index (χ1) is 17.1. The van der Waals surface area contributed by atoms with E-state index >= 15 is 0 Å². The third-order valence-corrected chi connectivity index (χ3v) is 6.40. The molecule has 0 aromatic carbocycles. The number of nitrogens with zero attached hydrogens (tertiary/aromatic N) is 8. The molecule has 35 heavy (non-hydrogen) atoms. The van der Waals surface area contributed by atoms with Crippen LogP contribution in [0.5, 0.6) is 0 Å². The molecule has 1 saturated carbocycles. The van der Waals surface area contributed by atoms with E-state index in [1.54, 1.807) is 24.2 Å². The van der Waals surface area contributed by atoms with E-state index in [1.807, 2.05) is 19.2 Å². The van der Waals surface area contributed by atoms with Gasteiger partial charge in [0, 0.05) is 37.2 Å². The number of aromatic nitrogens is 7. The molecule has 11 heteroatoms. The van der Waals surface area contributed by atoms with E-state index in [2.05, 4.69) is 25.4 Å². The number of hydrogen-bond donors (Lipinski definition) is 2. The molecule has 4 aromatic rings. The number of nitrogens with two attached hydrogens (primary N) is 1. The minimum absolute atomic E-state index is 0.243. The number of hydrogen-bond acceptors (Lipinski definition) is 10. The molecule has 2 unspecified atom stereocenters. The Morgan fingerprint density at radius 3 is 2.74 bits per heavy atom. The van der Waals surface area contributed by atoms with Gasteiger partial charge in [0.1, 0.15) is 22.9 Å². The lowest BCUT2D eigenvalue weighted by Gasteiger charge is -2.16. The average Bonchev–Trinajstić information content (AvgIpc) is 3.57. The molecule has 0 radical (unpaired) electrons. The lowest BCUT2D eigenvalue weighted by Crippen LogP contribution is -2.16. The summed E-state index contributed by atoms with van der Waals surface area (Å²) < 4.78 is 7.10. The molecule has 0 spiro atoms. The van der Waals surface area contributed by atoms with Gasteiger partial charge in [-0.1, -0.05) is 6.92 Å². The van der Waals surface area contributed by atoms with E-state index in [9.17, 15) is 0 Å². The van der Waals surface area contributed by atoms with E-state index in [1.165, 1.54) is 12.4 Å². The van der Waals surface area contributed by atoms with Crippen LogP contribution in [0.1, 0.15) is 37.6 Å². The lowest BCUT2D eigenvalue weighted by atomic mass is 10.1. The summed E-state index contributed by atoms with van der Waals surface area (Å²) >= 11 is 0. The first-order valence-electron chi connectivity index (χ1n) is 11.6. The quantitative estimate of drug-likeness (QED) is 0.412. The predicted octanol–water partition coefficient (Wildman–Crippen LogP) is 2.91. The molecule has 11 nitrogen and oxygen atoms in total. The number of anilines is 2. The minimum atomic E-state index is 0.243. The van der Waals surface area contributed by atoms with Gasteiger partial charge in [-0.3, -0.25) is 0 Å². The van der Waals surface area contributed by atoms with Crippen molar-refractivity contribution < 1.29 is 4.74 Å². The van der Waals surface area contributed by atoms with Crippen molar-refractivity contribution in [2.24, 2.45) is 5.92 Å². The molecule has 4 heterocycles. The van der Waals surface area contributed by atoms with Crippen molar-refractivity contribution in [2.75, 3.05) is 24.7 Å². The topological polar surface area (TPSA) is 153 Å². The van der Waals surface area contributed by atoms with Gasteiger partial charge < -0.3 is 15.8 Å². The minimum Gasteiger partial charge on any atom is -0.382 e. The molecule has 5 rings (SSSR count). The van der Waals surface area contributed by atoms with Crippen molar-refractivity contribution in [1.29, 1.82) is 5.26 Å². The molecular formula is C24H26N10O. The molecule has 4 aromatic heterocycles. The molecule has 2 atom stereocenters. The smallest absolute Gasteiger partial charge is 0.171 e. The average molecular weight is 471 g/mol. The van der Waals surface area contributed by atoms with E-state index in [0.29, 0.717) is 34.7 Å². The molecule has 0 aliphatic heterocycles. The van der Waals surface area contributed by atoms with Crippen molar-refractivity contribution in [3.63, 3.8) is 0 Å². The number of methoxy groups -OCH3 is 1. The fourth-order valence-corrected chi connectivity index (χ4v) is 4.45. The van der Waals surface area contributed by atoms with Crippen LogP contribution in [0.25, 0.3) is 28.0 Å². The van der Waals surface area contributed by atoms with Crippen LogP contribution in [0.4, 0.5) is 11.6 Å². The highest BCUT2D eigenvalue weighted by Crippen LogP contribution is 2.32. The Hall–Kier alpha value is -4.17. The molecule has 0 amide bonds. The summed E-state index contributed by atoms with van der Waals surface area (Å²) in [5, 5.41) is 16.9. The van der Waals surface area contributed by atoms with Gasteiger partial charge in [-0.05, 0) is 31.6 Å². The summed E-state index contributed by atoms with van der Waals surface area (Å²) in [6.45, 7) is 2.87. The van der Waals surface area contributed by atoms with E-state index < -0.39 is 0 Å². The van der Waals surface area contributed by atoms with Crippen molar-refractivity contribution in [3.8, 4) is 23.0 Å². The summed E-state index contributed by atoms with van der Waals surface area (Å²) in [4.78, 5) is 22.5. The Kier molecular flexibility index (Phi) is 6.20. The Morgan fingerprint density at radius 2 is 2.03 bits per heavy atom. The molecular weight excluding hydrogens is 444 g/mol. The highest BCUT2D eigenvalue weighted by Gasteiger charge is 2.25. The van der Waals surface area contributed by atoms with Gasteiger partial charge in [0.15, 0.2) is 17.3 Å². The van der Waals surface area contributed by atoms with E-state index in [-0.39, 0.29) is 5.69 Å². The maximum absolute atomic E-state index is 8.94. The SMILES string of the molecule is CCc1nc2c(N)ncc(-c3cnn(-c4cnc(C#N)cn4)c3)c2nc1NCC1CCC(OC)C1. The van der Waals surface area contributed by atoms with Gasteiger partial charge >= 0.3 is 0 Å². The number of fused-ring (bicyclic) bond motifs is 1. The third-order valence-electron chi connectivity index (χ3n) is 6.40. The van der Waals surface area contributed by atoms with Crippen LogP contribution >= 0.6 is 0 Å². The maximum atomic E-state index is 8.94. The largest absolute Gasteiger partial charge is 0.382 e. The van der Waals surface area contributed by atoms with Crippen molar-refractivity contribution >= 4 is 22.7 Å². The second kappa shape index (κ2) is 9.60. The summed E-state index contributed by atoms with van der Waals surface area (Å²) in [6, 6.07) is 1.96. The molecule has 178 valence electrons. The highest BCUT2D eigenvalue weighted by molar-refractivity contribution is 5.96. The van der Waals surface area contributed by atoms with Crippen LogP contribution in [0, 0.1) is 17.2 Å². The Morgan fingerprint density at radius 1 is 1.14 bits per heavy atom. The van der Waals surface area contributed by atoms with Gasteiger partial charge in [-0.2, -0.15) is 10.4 Å². The molecule has 1 fully saturated rings. The number of pyridine rings is 1. The van der Waals surface area contributed by atoms with E-state index in [4.69, 9.17) is 25.7 Å². The van der Waals surface area contributed by atoms with Crippen molar-refractivity contribution in [3.05, 3.63) is 42.4 Å². The van der Waals surface area contributed by atoms with Crippen LogP contribution in [0.15, 0.2) is 31.0 Å². The Balaban J connectivity index is 1.49. The fraction of sp³-hybridized carbons (Fsp3) is 0.375. The maximum Gasteiger partial charge on any atom is 0.171 e. The number of nitriles is 1. The summed E-state index contributed by atoms with van der Waals surface area (Å²) in [5.74, 6) is 2.13. The van der Waals surface area contributed by atoms with E-state index in [0.717, 1.165) is 54.9 Å². The van der Waals surface area contributed by atoms with Gasteiger partial charge in [0.2, 0.25) is 0 Å². The number of nitrogens with one attached hydrogen (secondary N) is 1. The van der Waals surface area contributed by atoms with Crippen LogP contribution in [0.2, 0.25) is 0 Å². The monoisotopic (exact) mass is 470 g/mol. The fourth-order valence-electron chi connectivity index (χ4n) is 4.45. The standard InChI is InChI=1S/C24H26N10O/c1-3-19-24(30-8-14-4-5-17(6-14)35-2)33-21-18(11-29-23(26)22(21)32-19)15-9-31-34(13-15)20-12-27-16(7-25)10-28-20/h9-14,17H,3-6,8H2,1-2H3,(H2,26,29)(H,30,33). The number of aryl methyl sites for hydroxylation is 1. The Labute approximate surface area is 202 Å². The number of rotatable bonds is 7. The van der Waals surface area contributed by atoms with Gasteiger partial charge in [0.05, 0.1) is 30.4 Å². The van der Waals surface area contributed by atoms with Crippen LogP contribution < -0.4 is 11.1 Å². The van der Waals surface area contributed by atoms with Crippen LogP contribution in [0.3, 0.4) is 0 Å². The predicted molar refractivity (Wildman–Crippen MR) is 131 cm³/mol. The van der Waals surface area contributed by atoms with Crippen LogP contribution in [-0.2, 0) is 11.2 Å². The summed E-state index contributed by atoms with van der Waals surface area (Å²) in [6.07, 6.45) is 12.4. The molecule has 0 saturated heterocycles. The zero-order chi connectivity index (χ0) is 24.4. The zero-order valence-electron chi connectivity index (χ0n) is 19.6. The van der Waals surface area contributed by atoms with Crippen molar-refractivity contribution in [1.82, 2.24) is 34.7 Å². The highest BCUT2D eigenvalue weighted by atomic mass is 16.5. The van der Waals surface area contributed by atoms with Gasteiger partial charge in [0.25, 0.3) is 0 Å². The lowest BCUT2D eigenvalue weighted by molar-refractivity contribution is 0.106. The summed E-state index contributed by atoms with van der Waals surface area (Å²) in [7, 11) is 1.78. The first kappa shape index (κ1) is 22.6. The first-order valence-corrected chi connectivity index (χ1v) is 11.6. The normalized spacial score (nSPS) is 17.5. The van der Waals surface area contributed by atoms with Gasteiger partial charge in [-0.15, -0.1) is 0 Å². The van der Waals surface area contributed by atoms with Crippen LogP contribution in [-0.4, -0.2) is 54.5 Å². The second-order valence-electron chi connectivity index (χ2n) is 8.59. The zero-order valence-corrected chi connectivity index (χ0v) is 19.6. The number of ether oxygens (including phenoxy) is 1. The Bertz CT molecular complexity index is 1390. The van der Waals surface area contributed by atoms with Gasteiger partial charge in [-0.25, -0.2) is 29.6 Å². The second-order valence-corrected chi connectivity index (χ2v) is 8.59. The number of nitrogen functional groups attached to an aromatic ring is 1. The third kappa shape index (κ3) is 4.48. The molecule has 3 N–H and O–H groups in total. The molecule has 1 aliphatic rings. The molecule has 1 aliphatic carbocycles.